The molecule has 1 unspecified atom stereocenters. The molecule has 4 heteroatoms. The van der Waals surface area contributed by atoms with Crippen molar-refractivity contribution in [1.82, 2.24) is 14.5 Å². The quantitative estimate of drug-likeness (QED) is 0.929. The van der Waals surface area contributed by atoms with Gasteiger partial charge < -0.3 is 10.3 Å². The van der Waals surface area contributed by atoms with Gasteiger partial charge in [-0.2, -0.15) is 0 Å². The maximum absolute atomic E-state index is 6.05. The van der Waals surface area contributed by atoms with Gasteiger partial charge in [-0.15, -0.1) is 0 Å². The smallest absolute Gasteiger partial charge is 0.160 e. The summed E-state index contributed by atoms with van der Waals surface area (Å²) in [6, 6.07) is 4.59. The fourth-order valence-corrected chi connectivity index (χ4v) is 2.95. The number of pyridine rings is 1. The van der Waals surface area contributed by atoms with Crippen molar-refractivity contribution in [3.05, 3.63) is 24.2 Å². The highest BCUT2D eigenvalue weighted by atomic mass is 15.2. The number of nitrogens with zero attached hydrogens (tertiary/aromatic N) is 3. The van der Waals surface area contributed by atoms with E-state index in [2.05, 4.69) is 36.4 Å². The number of aromatic nitrogens is 3. The predicted octanol–water partition coefficient (Wildman–Crippen LogP) is 3.24. The van der Waals surface area contributed by atoms with Crippen LogP contribution in [0.15, 0.2) is 18.3 Å². The highest BCUT2D eigenvalue weighted by Crippen LogP contribution is 2.41. The van der Waals surface area contributed by atoms with E-state index in [1.54, 1.807) is 0 Å². The van der Waals surface area contributed by atoms with E-state index < -0.39 is 0 Å². The van der Waals surface area contributed by atoms with Gasteiger partial charge in [0.2, 0.25) is 0 Å². The molecule has 0 saturated heterocycles. The molecule has 3 rings (SSSR count). The van der Waals surface area contributed by atoms with Crippen molar-refractivity contribution in [3.8, 4) is 0 Å². The third-order valence-electron chi connectivity index (χ3n) is 3.90. The Kier molecular flexibility index (Phi) is 3.28. The molecule has 4 nitrogen and oxygen atoms in total. The van der Waals surface area contributed by atoms with Crippen molar-refractivity contribution in [2.75, 3.05) is 6.54 Å². The van der Waals surface area contributed by atoms with E-state index in [1.807, 2.05) is 12.3 Å². The predicted molar refractivity (Wildman–Crippen MR) is 81.7 cm³/mol. The second-order valence-electron chi connectivity index (χ2n) is 7.11. The lowest BCUT2D eigenvalue weighted by Crippen LogP contribution is -2.22. The summed E-state index contributed by atoms with van der Waals surface area (Å²) in [5.41, 5.74) is 8.33. The van der Waals surface area contributed by atoms with Gasteiger partial charge in [0.25, 0.3) is 0 Å². The molecule has 0 spiro atoms. The summed E-state index contributed by atoms with van der Waals surface area (Å²) in [5.74, 6) is 1.45. The van der Waals surface area contributed by atoms with Crippen LogP contribution in [0.5, 0.6) is 0 Å². The summed E-state index contributed by atoms with van der Waals surface area (Å²) >= 11 is 0. The van der Waals surface area contributed by atoms with Crippen molar-refractivity contribution >= 4 is 11.2 Å². The van der Waals surface area contributed by atoms with E-state index in [4.69, 9.17) is 10.7 Å². The number of fused-ring (bicyclic) bond motifs is 1. The van der Waals surface area contributed by atoms with Crippen LogP contribution < -0.4 is 5.73 Å². The highest BCUT2D eigenvalue weighted by Gasteiger charge is 2.32. The van der Waals surface area contributed by atoms with Crippen LogP contribution in [0.2, 0.25) is 0 Å². The van der Waals surface area contributed by atoms with E-state index in [0.717, 1.165) is 23.4 Å². The van der Waals surface area contributed by atoms with Gasteiger partial charge in [0.1, 0.15) is 11.3 Å². The first-order valence-corrected chi connectivity index (χ1v) is 7.52. The van der Waals surface area contributed by atoms with Crippen molar-refractivity contribution in [2.45, 2.75) is 52.0 Å². The van der Waals surface area contributed by atoms with Crippen molar-refractivity contribution < 1.29 is 0 Å². The summed E-state index contributed by atoms with van der Waals surface area (Å²) in [6.45, 7) is 7.43. The maximum Gasteiger partial charge on any atom is 0.160 e. The average molecular weight is 272 g/mol. The van der Waals surface area contributed by atoms with Crippen LogP contribution in [0.1, 0.15) is 57.8 Å². The molecule has 108 valence electrons. The van der Waals surface area contributed by atoms with Crippen LogP contribution in [0, 0.1) is 5.41 Å². The summed E-state index contributed by atoms with van der Waals surface area (Å²) < 4.78 is 2.35. The summed E-state index contributed by atoms with van der Waals surface area (Å²) in [6.07, 6.45) is 5.39. The molecule has 0 radical (unpaired) electrons. The monoisotopic (exact) mass is 272 g/mol. The molecule has 2 N–H and O–H groups in total. The average Bonchev–Trinajstić information content (AvgIpc) is 3.15. The molecular formula is C16H24N4. The molecule has 0 bridgehead atoms. The van der Waals surface area contributed by atoms with Gasteiger partial charge in [0.15, 0.2) is 5.65 Å². The number of rotatable bonds is 4. The fourth-order valence-electron chi connectivity index (χ4n) is 2.95. The van der Waals surface area contributed by atoms with Crippen molar-refractivity contribution in [3.63, 3.8) is 0 Å². The Morgan fingerprint density at radius 2 is 2.15 bits per heavy atom. The molecule has 0 amide bonds. The first kappa shape index (κ1) is 13.6. The molecule has 2 aromatic rings. The van der Waals surface area contributed by atoms with E-state index in [1.165, 1.54) is 12.8 Å². The van der Waals surface area contributed by atoms with Gasteiger partial charge in [0.05, 0.1) is 0 Å². The minimum atomic E-state index is 0.254. The molecule has 1 aliphatic carbocycles. The highest BCUT2D eigenvalue weighted by molar-refractivity contribution is 5.71. The number of imidazole rings is 1. The van der Waals surface area contributed by atoms with Gasteiger partial charge >= 0.3 is 0 Å². The number of hydrogen-bond acceptors (Lipinski definition) is 3. The molecule has 1 fully saturated rings. The summed E-state index contributed by atoms with van der Waals surface area (Å²) in [4.78, 5) is 9.39. The van der Waals surface area contributed by atoms with Crippen molar-refractivity contribution in [2.24, 2.45) is 11.1 Å². The fraction of sp³-hybridized carbons (Fsp3) is 0.625. The third-order valence-corrected chi connectivity index (χ3v) is 3.90. The zero-order valence-electron chi connectivity index (χ0n) is 12.6. The Morgan fingerprint density at radius 3 is 2.75 bits per heavy atom. The largest absolute Gasteiger partial charge is 0.330 e. The standard InChI is InChI=1S/C16H24N4/c1-16(2,3)9-11(10-17)14-19-13-5-4-8-18-15(13)20(14)12-6-7-12/h4-5,8,11-12H,6-7,9-10,17H2,1-3H3. The second-order valence-corrected chi connectivity index (χ2v) is 7.11. The molecular weight excluding hydrogens is 248 g/mol. The van der Waals surface area contributed by atoms with E-state index in [0.29, 0.717) is 18.5 Å². The Morgan fingerprint density at radius 1 is 1.40 bits per heavy atom. The Bertz CT molecular complexity index is 604. The van der Waals surface area contributed by atoms with Gasteiger partial charge in [0, 0.05) is 24.7 Å². The zero-order valence-corrected chi connectivity index (χ0v) is 12.6. The van der Waals surface area contributed by atoms with Crippen LogP contribution in [-0.4, -0.2) is 21.1 Å². The second kappa shape index (κ2) is 4.85. The normalized spacial score (nSPS) is 17.6. The van der Waals surface area contributed by atoms with Crippen LogP contribution in [0.4, 0.5) is 0 Å². The maximum atomic E-state index is 6.05. The van der Waals surface area contributed by atoms with Gasteiger partial charge in [-0.3, -0.25) is 0 Å². The van der Waals surface area contributed by atoms with Crippen LogP contribution in [0.25, 0.3) is 11.2 Å². The molecule has 2 heterocycles. The zero-order chi connectivity index (χ0) is 14.3. The van der Waals surface area contributed by atoms with Crippen LogP contribution in [-0.2, 0) is 0 Å². The van der Waals surface area contributed by atoms with E-state index in [9.17, 15) is 0 Å². The van der Waals surface area contributed by atoms with Gasteiger partial charge in [-0.1, -0.05) is 20.8 Å². The molecule has 2 aromatic heterocycles. The first-order chi connectivity index (χ1) is 9.49. The molecule has 1 saturated carbocycles. The van der Waals surface area contributed by atoms with Gasteiger partial charge in [-0.05, 0) is 36.8 Å². The van der Waals surface area contributed by atoms with Gasteiger partial charge in [-0.25, -0.2) is 9.97 Å². The Balaban J connectivity index is 2.07. The SMILES string of the molecule is CC(C)(C)CC(CN)c1nc2cccnc2n1C1CC1. The lowest BCUT2D eigenvalue weighted by Gasteiger charge is -2.25. The minimum Gasteiger partial charge on any atom is -0.330 e. The topological polar surface area (TPSA) is 56.7 Å². The van der Waals surface area contributed by atoms with Crippen LogP contribution in [0.3, 0.4) is 0 Å². The molecule has 1 aliphatic rings. The Hall–Kier alpha value is -1.42. The minimum absolute atomic E-state index is 0.254. The lowest BCUT2D eigenvalue weighted by atomic mass is 9.84. The summed E-state index contributed by atoms with van der Waals surface area (Å²) in [5, 5.41) is 0. The van der Waals surface area contributed by atoms with Crippen LogP contribution >= 0.6 is 0 Å². The number of hydrogen-bond donors (Lipinski definition) is 1. The number of nitrogens with two attached hydrogens (primary N) is 1. The molecule has 0 aliphatic heterocycles. The molecule has 20 heavy (non-hydrogen) atoms. The van der Waals surface area contributed by atoms with E-state index >= 15 is 0 Å². The molecule has 0 aromatic carbocycles. The lowest BCUT2D eigenvalue weighted by molar-refractivity contribution is 0.332. The first-order valence-electron chi connectivity index (χ1n) is 7.52. The third kappa shape index (κ3) is 2.57. The van der Waals surface area contributed by atoms with E-state index in [-0.39, 0.29) is 5.41 Å². The summed E-state index contributed by atoms with van der Waals surface area (Å²) in [7, 11) is 0. The van der Waals surface area contributed by atoms with Crippen molar-refractivity contribution in [1.29, 1.82) is 0 Å². The molecule has 1 atom stereocenters. The Labute approximate surface area is 120 Å².